The maximum atomic E-state index is 11.3. The highest BCUT2D eigenvalue weighted by Crippen LogP contribution is 2.42. The standard InChI is InChI=1S/C52H26N8/c53-27-32-17-33(28-54)20-39(19-32)37-9-11-49-44(23-37)42-5-1-3-7-47(42)59(49)51-25-41(36-13-15-58-16-14-36)26-52(46(51)31-57)60-48-8-4-2-6-43(48)45-24-38(10-12-50(45)60)40-21-34(29-55)18-35(22-40)30-56/h1-26H. The van der Waals surface area contributed by atoms with Crippen molar-refractivity contribution in [3.63, 3.8) is 0 Å². The lowest BCUT2D eigenvalue weighted by molar-refractivity contribution is 1.12. The molecule has 0 amide bonds. The highest BCUT2D eigenvalue weighted by molar-refractivity contribution is 6.12. The van der Waals surface area contributed by atoms with Crippen molar-refractivity contribution < 1.29 is 0 Å². The topological polar surface area (TPSA) is 142 Å². The van der Waals surface area contributed by atoms with E-state index in [1.165, 1.54) is 0 Å². The van der Waals surface area contributed by atoms with Gasteiger partial charge in [-0.1, -0.05) is 48.5 Å². The minimum atomic E-state index is 0.410. The van der Waals surface area contributed by atoms with E-state index in [1.54, 1.807) is 48.8 Å². The molecule has 7 aromatic carbocycles. The molecular formula is C52H26N8. The molecule has 0 aliphatic heterocycles. The van der Waals surface area contributed by atoms with E-state index in [4.69, 9.17) is 0 Å². The van der Waals surface area contributed by atoms with Gasteiger partial charge in [-0.05, 0) is 130 Å². The molecule has 0 saturated carbocycles. The number of aromatic nitrogens is 3. The molecule has 0 spiro atoms. The van der Waals surface area contributed by atoms with Crippen LogP contribution in [0.1, 0.15) is 27.8 Å². The summed E-state index contributed by atoms with van der Waals surface area (Å²) in [5.41, 5.74) is 12.1. The van der Waals surface area contributed by atoms with Crippen LogP contribution in [0.15, 0.2) is 158 Å². The van der Waals surface area contributed by atoms with Gasteiger partial charge in [-0.2, -0.15) is 26.3 Å². The van der Waals surface area contributed by atoms with Gasteiger partial charge in [0, 0.05) is 33.9 Å². The Bertz CT molecular complexity index is 3390. The minimum Gasteiger partial charge on any atom is -0.308 e. The average molecular weight is 763 g/mol. The molecule has 3 aromatic heterocycles. The van der Waals surface area contributed by atoms with E-state index in [0.29, 0.717) is 39.2 Å². The highest BCUT2D eigenvalue weighted by atomic mass is 15.0. The molecule has 3 heterocycles. The van der Waals surface area contributed by atoms with Crippen LogP contribution in [-0.2, 0) is 0 Å². The SMILES string of the molecule is N#Cc1cc(C#N)cc(-c2ccc3c(c2)c2ccccc2n3-c2cc(-c3ccncc3)cc(-n3c4ccccc4c4cc(-c5cc(C#N)cc(C#N)c5)ccc43)c2C#N)c1. The summed E-state index contributed by atoms with van der Waals surface area (Å²) >= 11 is 0. The molecule has 0 fully saturated rings. The van der Waals surface area contributed by atoms with Crippen molar-refractivity contribution in [2.75, 3.05) is 0 Å². The number of pyridine rings is 1. The van der Waals surface area contributed by atoms with Gasteiger partial charge < -0.3 is 9.13 Å². The van der Waals surface area contributed by atoms with Crippen molar-refractivity contribution in [3.05, 3.63) is 186 Å². The Kier molecular flexibility index (Phi) is 8.23. The lowest BCUT2D eigenvalue weighted by Gasteiger charge is -2.18. The molecular weight excluding hydrogens is 737 g/mol. The summed E-state index contributed by atoms with van der Waals surface area (Å²) in [6.07, 6.45) is 3.52. The molecule has 0 radical (unpaired) electrons. The van der Waals surface area contributed by atoms with Gasteiger partial charge in [0.05, 0.1) is 80.0 Å². The summed E-state index contributed by atoms with van der Waals surface area (Å²) in [5, 5.41) is 54.1. The molecule has 0 bridgehead atoms. The van der Waals surface area contributed by atoms with E-state index in [1.807, 2.05) is 60.7 Å². The predicted octanol–water partition coefficient (Wildman–Crippen LogP) is 11.6. The van der Waals surface area contributed by atoms with Gasteiger partial charge in [-0.3, -0.25) is 4.98 Å². The van der Waals surface area contributed by atoms with Crippen LogP contribution in [0.4, 0.5) is 0 Å². The van der Waals surface area contributed by atoms with Crippen LogP contribution in [0.2, 0.25) is 0 Å². The zero-order valence-electron chi connectivity index (χ0n) is 31.6. The average Bonchev–Trinajstić information content (AvgIpc) is 3.83. The molecule has 0 aliphatic carbocycles. The second-order valence-corrected chi connectivity index (χ2v) is 14.5. The van der Waals surface area contributed by atoms with Crippen molar-refractivity contribution in [1.82, 2.24) is 14.1 Å². The van der Waals surface area contributed by atoms with Gasteiger partial charge in [0.1, 0.15) is 11.6 Å². The first-order valence-electron chi connectivity index (χ1n) is 19.0. The number of para-hydroxylation sites is 2. The molecule has 0 unspecified atom stereocenters. The molecule has 0 atom stereocenters. The number of rotatable bonds is 5. The zero-order valence-corrected chi connectivity index (χ0v) is 31.6. The molecule has 60 heavy (non-hydrogen) atoms. The van der Waals surface area contributed by atoms with Crippen LogP contribution in [0.5, 0.6) is 0 Å². The number of fused-ring (bicyclic) bond motifs is 6. The number of hydrogen-bond acceptors (Lipinski definition) is 6. The van der Waals surface area contributed by atoms with Gasteiger partial charge in [-0.15, -0.1) is 0 Å². The maximum Gasteiger partial charge on any atom is 0.104 e. The normalized spacial score (nSPS) is 10.9. The van der Waals surface area contributed by atoms with Crippen LogP contribution in [0.25, 0.3) is 88.4 Å². The van der Waals surface area contributed by atoms with Crippen molar-refractivity contribution in [2.24, 2.45) is 0 Å². The fourth-order valence-electron chi connectivity index (χ4n) is 8.46. The second kappa shape index (κ2) is 14.0. The van der Waals surface area contributed by atoms with E-state index in [9.17, 15) is 26.3 Å². The monoisotopic (exact) mass is 762 g/mol. The third kappa shape index (κ3) is 5.61. The van der Waals surface area contributed by atoms with Gasteiger partial charge in [0.15, 0.2) is 0 Å². The van der Waals surface area contributed by atoms with Crippen LogP contribution < -0.4 is 0 Å². The molecule has 0 N–H and O–H groups in total. The lowest BCUT2D eigenvalue weighted by Crippen LogP contribution is -2.05. The summed E-state index contributed by atoms with van der Waals surface area (Å²) in [4.78, 5) is 4.29. The Balaban J connectivity index is 1.27. The van der Waals surface area contributed by atoms with E-state index in [-0.39, 0.29) is 0 Å². The minimum absolute atomic E-state index is 0.410. The summed E-state index contributed by atoms with van der Waals surface area (Å²) < 4.78 is 4.29. The zero-order chi connectivity index (χ0) is 40.9. The number of nitrogens with zero attached hydrogens (tertiary/aromatic N) is 8. The van der Waals surface area contributed by atoms with E-state index in [0.717, 1.165) is 77.0 Å². The van der Waals surface area contributed by atoms with E-state index >= 15 is 0 Å². The molecule has 0 aliphatic rings. The third-order valence-electron chi connectivity index (χ3n) is 11.1. The third-order valence-corrected chi connectivity index (χ3v) is 11.1. The Labute approximate surface area is 343 Å². The molecule has 10 aromatic rings. The fraction of sp³-hybridized carbons (Fsp3) is 0. The summed E-state index contributed by atoms with van der Waals surface area (Å²) in [6.45, 7) is 0. The van der Waals surface area contributed by atoms with Crippen LogP contribution in [0, 0.1) is 56.7 Å². The maximum absolute atomic E-state index is 11.3. The predicted molar refractivity (Wildman–Crippen MR) is 233 cm³/mol. The Morgan fingerprint density at radius 3 is 1.15 bits per heavy atom. The lowest BCUT2D eigenvalue weighted by atomic mass is 9.98. The van der Waals surface area contributed by atoms with Crippen LogP contribution >= 0.6 is 0 Å². The first-order chi connectivity index (χ1) is 29.5. The summed E-state index contributed by atoms with van der Waals surface area (Å²) in [5.74, 6) is 0. The van der Waals surface area contributed by atoms with Crippen molar-refractivity contribution >= 4 is 43.6 Å². The van der Waals surface area contributed by atoms with E-state index < -0.39 is 0 Å². The number of nitriles is 5. The molecule has 0 saturated heterocycles. The largest absolute Gasteiger partial charge is 0.308 e. The number of hydrogen-bond donors (Lipinski definition) is 0. The van der Waals surface area contributed by atoms with E-state index in [2.05, 4.69) is 93.0 Å². The van der Waals surface area contributed by atoms with Gasteiger partial charge in [-0.25, -0.2) is 0 Å². The van der Waals surface area contributed by atoms with Crippen molar-refractivity contribution in [3.8, 4) is 75.1 Å². The molecule has 8 heteroatoms. The fourth-order valence-corrected chi connectivity index (χ4v) is 8.46. The number of benzene rings is 7. The van der Waals surface area contributed by atoms with Crippen LogP contribution in [-0.4, -0.2) is 14.1 Å². The second-order valence-electron chi connectivity index (χ2n) is 14.5. The molecule has 8 nitrogen and oxygen atoms in total. The van der Waals surface area contributed by atoms with Gasteiger partial charge in [0.25, 0.3) is 0 Å². The Hall–Kier alpha value is -9.26. The Morgan fingerprint density at radius 2 is 0.733 bits per heavy atom. The smallest absolute Gasteiger partial charge is 0.104 e. The first kappa shape index (κ1) is 35.2. The quantitative estimate of drug-likeness (QED) is 0.171. The van der Waals surface area contributed by atoms with Gasteiger partial charge >= 0.3 is 0 Å². The summed E-state index contributed by atoms with van der Waals surface area (Å²) in [7, 11) is 0. The Morgan fingerprint density at radius 1 is 0.333 bits per heavy atom. The van der Waals surface area contributed by atoms with Crippen LogP contribution in [0.3, 0.4) is 0 Å². The van der Waals surface area contributed by atoms with Crippen molar-refractivity contribution in [2.45, 2.75) is 0 Å². The van der Waals surface area contributed by atoms with Gasteiger partial charge in [0.2, 0.25) is 0 Å². The first-order valence-corrected chi connectivity index (χ1v) is 19.0. The molecule has 274 valence electrons. The highest BCUT2D eigenvalue weighted by Gasteiger charge is 2.23. The summed E-state index contributed by atoms with van der Waals surface area (Å²) in [6, 6.07) is 58.2. The van der Waals surface area contributed by atoms with Crippen molar-refractivity contribution in [1.29, 1.82) is 26.3 Å². The molecule has 10 rings (SSSR count).